The Morgan fingerprint density at radius 1 is 1.20 bits per heavy atom. The van der Waals surface area contributed by atoms with Crippen LogP contribution in [0.3, 0.4) is 0 Å². The summed E-state index contributed by atoms with van der Waals surface area (Å²) < 4.78 is 29.3. The molecule has 158 valence electrons. The highest BCUT2D eigenvalue weighted by molar-refractivity contribution is 7.84. The molecule has 5 rings (SSSR count). The molecule has 10 heteroatoms. The Balaban J connectivity index is 1.41. The molecule has 30 heavy (non-hydrogen) atoms. The zero-order valence-corrected chi connectivity index (χ0v) is 17.0. The van der Waals surface area contributed by atoms with Gasteiger partial charge in [-0.2, -0.15) is 8.42 Å². The second-order valence-electron chi connectivity index (χ2n) is 7.94. The Morgan fingerprint density at radius 3 is 2.87 bits per heavy atom. The fourth-order valence-electron chi connectivity index (χ4n) is 4.71. The molecule has 3 aromatic rings. The quantitative estimate of drug-likeness (QED) is 0.563. The summed E-state index contributed by atoms with van der Waals surface area (Å²) in [6, 6.07) is 10.4. The number of aryl methyl sites for hydroxylation is 1. The third kappa shape index (κ3) is 3.56. The predicted octanol–water partition coefficient (Wildman–Crippen LogP) is 1.82. The average molecular weight is 430 g/mol. The second-order valence-corrected chi connectivity index (χ2v) is 9.12. The van der Waals surface area contributed by atoms with Crippen LogP contribution < -0.4 is 10.5 Å². The fraction of sp³-hybridized carbons (Fsp3) is 0.400. The van der Waals surface area contributed by atoms with Crippen molar-refractivity contribution in [3.63, 3.8) is 0 Å². The molecule has 0 radical (unpaired) electrons. The van der Waals surface area contributed by atoms with Crippen LogP contribution in [0.4, 0.5) is 5.82 Å². The van der Waals surface area contributed by atoms with Gasteiger partial charge in [0.15, 0.2) is 0 Å². The van der Waals surface area contributed by atoms with Gasteiger partial charge in [-0.3, -0.25) is 4.18 Å². The second kappa shape index (κ2) is 7.31. The zero-order valence-electron chi connectivity index (χ0n) is 16.2. The number of nitrogens with two attached hydrogens (primary N) is 1. The van der Waals surface area contributed by atoms with E-state index >= 15 is 0 Å². The highest BCUT2D eigenvalue weighted by atomic mass is 32.2. The first-order valence-electron chi connectivity index (χ1n) is 9.94. The van der Waals surface area contributed by atoms with Gasteiger partial charge in [-0.1, -0.05) is 24.3 Å². The summed E-state index contributed by atoms with van der Waals surface area (Å²) in [6.45, 7) is 0. The van der Waals surface area contributed by atoms with E-state index in [9.17, 15) is 13.5 Å². The smallest absolute Gasteiger partial charge is 0.333 e. The lowest BCUT2D eigenvalue weighted by Gasteiger charge is -2.16. The Morgan fingerprint density at radius 2 is 2.03 bits per heavy atom. The number of hydrogen-bond donors (Lipinski definition) is 3. The number of anilines is 1. The van der Waals surface area contributed by atoms with E-state index in [2.05, 4.69) is 39.6 Å². The standard InChI is InChI=1S/C20H23N5O4S/c21-30(27,28)29-18-10-13(9-17(18)26)25-8-7-15-19(22-11-23-20(15)25)24-16-6-5-12-3-1-2-4-14(12)16/h1-4,7-8,11,13,16-18,26H,5-6,9-10H2,(H2,21,27,28)(H,22,23,24)/t13?,16-,17+,18-/m0/s1. The molecule has 0 saturated heterocycles. The highest BCUT2D eigenvalue weighted by Crippen LogP contribution is 2.38. The molecule has 0 aliphatic heterocycles. The van der Waals surface area contributed by atoms with E-state index < -0.39 is 22.5 Å². The lowest BCUT2D eigenvalue weighted by Crippen LogP contribution is -2.29. The average Bonchev–Trinajstić information content (AvgIpc) is 3.39. The van der Waals surface area contributed by atoms with Crippen LogP contribution in [-0.4, -0.2) is 40.3 Å². The minimum atomic E-state index is -4.12. The van der Waals surface area contributed by atoms with Crippen LogP contribution in [0.5, 0.6) is 0 Å². The maximum Gasteiger partial charge on any atom is 0.333 e. The summed E-state index contributed by atoms with van der Waals surface area (Å²) in [5, 5.41) is 19.6. The SMILES string of the molecule is NS(=O)(=O)O[C@H]1CC(n2ccc3c(N[C@H]4CCc5ccccc54)ncnc32)C[C@H]1O. The van der Waals surface area contributed by atoms with Crippen LogP contribution in [0.1, 0.15) is 42.5 Å². The number of rotatable bonds is 5. The van der Waals surface area contributed by atoms with E-state index in [1.807, 2.05) is 16.8 Å². The summed E-state index contributed by atoms with van der Waals surface area (Å²) in [5.41, 5.74) is 3.39. The van der Waals surface area contributed by atoms with Crippen LogP contribution in [0.25, 0.3) is 11.0 Å². The fourth-order valence-corrected chi connectivity index (χ4v) is 5.26. The summed E-state index contributed by atoms with van der Waals surface area (Å²) >= 11 is 0. The molecular weight excluding hydrogens is 406 g/mol. The molecule has 4 N–H and O–H groups in total. The van der Waals surface area contributed by atoms with Gasteiger partial charge in [0.1, 0.15) is 23.9 Å². The van der Waals surface area contributed by atoms with Gasteiger partial charge in [-0.05, 0) is 42.9 Å². The van der Waals surface area contributed by atoms with Crippen molar-refractivity contribution >= 4 is 27.2 Å². The van der Waals surface area contributed by atoms with Crippen LogP contribution in [0.15, 0.2) is 42.9 Å². The molecule has 2 aliphatic rings. The van der Waals surface area contributed by atoms with Gasteiger partial charge in [-0.25, -0.2) is 15.1 Å². The van der Waals surface area contributed by atoms with E-state index in [1.165, 1.54) is 17.5 Å². The number of nitrogens with zero attached hydrogens (tertiary/aromatic N) is 3. The molecule has 1 fully saturated rings. The van der Waals surface area contributed by atoms with Gasteiger partial charge in [0.2, 0.25) is 0 Å². The number of aromatic nitrogens is 3. The molecule has 0 bridgehead atoms. The van der Waals surface area contributed by atoms with E-state index in [0.29, 0.717) is 12.8 Å². The topological polar surface area (TPSA) is 132 Å². The van der Waals surface area contributed by atoms with Crippen LogP contribution >= 0.6 is 0 Å². The summed E-state index contributed by atoms with van der Waals surface area (Å²) in [5.74, 6) is 0.760. The Labute approximate surface area is 174 Å². The minimum absolute atomic E-state index is 0.154. The van der Waals surface area contributed by atoms with Gasteiger partial charge in [0, 0.05) is 12.2 Å². The lowest BCUT2D eigenvalue weighted by molar-refractivity contribution is 0.0645. The van der Waals surface area contributed by atoms with Crippen molar-refractivity contribution in [3.8, 4) is 0 Å². The van der Waals surface area contributed by atoms with Crippen molar-refractivity contribution in [2.24, 2.45) is 5.14 Å². The molecule has 1 saturated carbocycles. The first kappa shape index (κ1) is 19.4. The van der Waals surface area contributed by atoms with Gasteiger partial charge in [0.05, 0.1) is 17.5 Å². The first-order valence-corrected chi connectivity index (χ1v) is 11.4. The van der Waals surface area contributed by atoms with Crippen LogP contribution in [0, 0.1) is 0 Å². The van der Waals surface area contributed by atoms with E-state index in [4.69, 9.17) is 9.32 Å². The maximum absolute atomic E-state index is 11.2. The highest BCUT2D eigenvalue weighted by Gasteiger charge is 2.37. The summed E-state index contributed by atoms with van der Waals surface area (Å²) in [4.78, 5) is 8.89. The minimum Gasteiger partial charge on any atom is -0.390 e. The molecule has 2 aromatic heterocycles. The predicted molar refractivity (Wildman–Crippen MR) is 111 cm³/mol. The third-order valence-electron chi connectivity index (χ3n) is 6.05. The molecule has 1 aromatic carbocycles. The monoisotopic (exact) mass is 429 g/mol. The van der Waals surface area contributed by atoms with E-state index in [0.717, 1.165) is 29.7 Å². The molecule has 0 spiro atoms. The van der Waals surface area contributed by atoms with Crippen LogP contribution in [-0.2, 0) is 20.9 Å². The number of hydrogen-bond acceptors (Lipinski definition) is 7. The van der Waals surface area contributed by atoms with Crippen molar-refractivity contribution < 1.29 is 17.7 Å². The third-order valence-corrected chi connectivity index (χ3v) is 6.57. The summed E-state index contributed by atoms with van der Waals surface area (Å²) in [7, 11) is -4.12. The number of aliphatic hydroxyl groups excluding tert-OH is 1. The van der Waals surface area contributed by atoms with Crippen molar-refractivity contribution in [2.75, 3.05) is 5.32 Å². The van der Waals surface area contributed by atoms with Gasteiger partial charge >= 0.3 is 10.3 Å². The van der Waals surface area contributed by atoms with Crippen molar-refractivity contribution in [2.45, 2.75) is 50.0 Å². The van der Waals surface area contributed by atoms with Crippen LogP contribution in [0.2, 0.25) is 0 Å². The van der Waals surface area contributed by atoms with Gasteiger partial charge in [-0.15, -0.1) is 0 Å². The maximum atomic E-state index is 11.2. The van der Waals surface area contributed by atoms with Crippen molar-refractivity contribution in [1.82, 2.24) is 14.5 Å². The van der Waals surface area contributed by atoms with Crippen molar-refractivity contribution in [1.29, 1.82) is 0 Å². The summed E-state index contributed by atoms with van der Waals surface area (Å²) in [6.07, 6.45) is 4.35. The molecule has 1 unspecified atom stereocenters. The van der Waals surface area contributed by atoms with Crippen molar-refractivity contribution in [3.05, 3.63) is 54.0 Å². The number of nitrogens with one attached hydrogen (secondary N) is 1. The Hall–Kier alpha value is -2.53. The molecule has 4 atom stereocenters. The lowest BCUT2D eigenvalue weighted by atomic mass is 10.1. The van der Waals surface area contributed by atoms with E-state index in [1.54, 1.807) is 0 Å². The van der Waals surface area contributed by atoms with Gasteiger partial charge < -0.3 is 15.0 Å². The largest absolute Gasteiger partial charge is 0.390 e. The normalized spacial score (nSPS) is 26.2. The van der Waals surface area contributed by atoms with E-state index in [-0.39, 0.29) is 12.1 Å². The molecule has 2 heterocycles. The first-order chi connectivity index (χ1) is 14.4. The zero-order chi connectivity index (χ0) is 20.9. The molecule has 2 aliphatic carbocycles. The number of fused-ring (bicyclic) bond motifs is 2. The molecular formula is C20H23N5O4S. The van der Waals surface area contributed by atoms with Gasteiger partial charge in [0.25, 0.3) is 0 Å². The molecule has 0 amide bonds. The Kier molecular flexibility index (Phi) is 4.73. The number of benzene rings is 1. The number of aliphatic hydroxyl groups is 1. The molecule has 9 nitrogen and oxygen atoms in total. The Bertz CT molecular complexity index is 1190.